The largest absolute Gasteiger partial charge is 0.461 e. The van der Waals surface area contributed by atoms with Gasteiger partial charge in [0.25, 0.3) is 0 Å². The minimum absolute atomic E-state index is 0.133. The smallest absolute Gasteiger partial charge is 0.338 e. The maximum absolute atomic E-state index is 13.0. The van der Waals surface area contributed by atoms with Crippen LogP contribution in [0.2, 0.25) is 0 Å². The average Bonchev–Trinajstić information content (AvgIpc) is 2.35. The molecule has 0 spiro atoms. The molecular weight excluding hydrogens is 317 g/mol. The zero-order chi connectivity index (χ0) is 13.9. The summed E-state index contributed by atoms with van der Waals surface area (Å²) in [6, 6.07) is 5.98. The molecule has 0 amide bonds. The number of carbonyl (C=O) groups is 1. The second-order valence-electron chi connectivity index (χ2n) is 4.53. The molecule has 0 aromatic heterocycles. The fourth-order valence-electron chi connectivity index (χ4n) is 1.72. The number of hydrogen-bond donors (Lipinski definition) is 0. The highest BCUT2D eigenvalue weighted by Crippen LogP contribution is 2.31. The van der Waals surface area contributed by atoms with Gasteiger partial charge in [-0.25, -0.2) is 9.18 Å². The maximum atomic E-state index is 13.0. The molecule has 1 aromatic rings. The lowest BCUT2D eigenvalue weighted by atomic mass is 9.84. The predicted molar refractivity (Wildman–Crippen MR) is 67.9 cm³/mol. The van der Waals surface area contributed by atoms with Gasteiger partial charge in [-0.2, -0.15) is 5.26 Å². The first-order valence-electron chi connectivity index (χ1n) is 5.63. The first-order chi connectivity index (χ1) is 9.06. The molecule has 2 rings (SSSR count). The standard InChI is InChI=1S/C13H11BrFNO3/c14-10-5-9(1-2-11(10)15)12(17)19-8-13(3-4-16)6-18-7-13/h1-2,5H,3,6-8H2. The van der Waals surface area contributed by atoms with Gasteiger partial charge in [-0.3, -0.25) is 0 Å². The van der Waals surface area contributed by atoms with Crippen molar-refractivity contribution in [2.24, 2.45) is 5.41 Å². The Morgan fingerprint density at radius 3 is 2.84 bits per heavy atom. The highest BCUT2D eigenvalue weighted by atomic mass is 79.9. The monoisotopic (exact) mass is 327 g/mol. The van der Waals surface area contributed by atoms with Crippen LogP contribution in [-0.4, -0.2) is 25.8 Å². The molecule has 0 unspecified atom stereocenters. The summed E-state index contributed by atoms with van der Waals surface area (Å²) in [4.78, 5) is 11.8. The summed E-state index contributed by atoms with van der Waals surface area (Å²) in [6.45, 7) is 0.969. The van der Waals surface area contributed by atoms with Crippen LogP contribution in [-0.2, 0) is 9.47 Å². The quantitative estimate of drug-likeness (QED) is 0.798. The predicted octanol–water partition coefficient (Wildman–Crippen LogP) is 2.68. The second-order valence-corrected chi connectivity index (χ2v) is 5.39. The molecule has 0 atom stereocenters. The highest BCUT2D eigenvalue weighted by molar-refractivity contribution is 9.10. The topological polar surface area (TPSA) is 59.3 Å². The molecule has 100 valence electrons. The maximum Gasteiger partial charge on any atom is 0.338 e. The van der Waals surface area contributed by atoms with Crippen LogP contribution < -0.4 is 0 Å². The Hall–Kier alpha value is -1.45. The summed E-state index contributed by atoms with van der Waals surface area (Å²) in [5, 5.41) is 8.72. The minimum atomic E-state index is -0.537. The SMILES string of the molecule is N#CCC1(COC(=O)c2ccc(F)c(Br)c2)COC1. The molecule has 0 radical (unpaired) electrons. The highest BCUT2D eigenvalue weighted by Gasteiger charge is 2.40. The zero-order valence-corrected chi connectivity index (χ0v) is 11.6. The van der Waals surface area contributed by atoms with Crippen molar-refractivity contribution in [2.45, 2.75) is 6.42 Å². The van der Waals surface area contributed by atoms with E-state index in [0.717, 1.165) is 0 Å². The Kier molecular flexibility index (Phi) is 4.17. The van der Waals surface area contributed by atoms with E-state index in [9.17, 15) is 9.18 Å². The normalized spacial score (nSPS) is 16.3. The molecule has 6 heteroatoms. The van der Waals surface area contributed by atoms with Crippen molar-refractivity contribution >= 4 is 21.9 Å². The lowest BCUT2D eigenvalue weighted by Crippen LogP contribution is -2.46. The van der Waals surface area contributed by atoms with E-state index in [2.05, 4.69) is 22.0 Å². The summed E-state index contributed by atoms with van der Waals surface area (Å²) in [7, 11) is 0. The molecule has 1 saturated heterocycles. The van der Waals surface area contributed by atoms with Crippen LogP contribution in [0, 0.1) is 22.6 Å². The van der Waals surface area contributed by atoms with Gasteiger partial charge >= 0.3 is 5.97 Å². The number of halogens is 2. The van der Waals surface area contributed by atoms with E-state index < -0.39 is 11.8 Å². The first kappa shape index (κ1) is 14.0. The van der Waals surface area contributed by atoms with Crippen LogP contribution >= 0.6 is 15.9 Å². The molecule has 1 heterocycles. The molecule has 1 aliphatic heterocycles. The van der Waals surface area contributed by atoms with Crippen LogP contribution in [0.1, 0.15) is 16.8 Å². The van der Waals surface area contributed by atoms with Crippen LogP contribution in [0.25, 0.3) is 0 Å². The van der Waals surface area contributed by atoms with Gasteiger partial charge in [-0.15, -0.1) is 0 Å². The third-order valence-corrected chi connectivity index (χ3v) is 3.54. The van der Waals surface area contributed by atoms with E-state index in [0.29, 0.717) is 13.2 Å². The number of rotatable bonds is 4. The molecule has 4 nitrogen and oxygen atoms in total. The molecule has 19 heavy (non-hydrogen) atoms. The molecule has 1 aliphatic rings. The van der Waals surface area contributed by atoms with Gasteiger partial charge in [0.15, 0.2) is 0 Å². The van der Waals surface area contributed by atoms with Crippen LogP contribution in [0.15, 0.2) is 22.7 Å². The minimum Gasteiger partial charge on any atom is -0.461 e. The fourth-order valence-corrected chi connectivity index (χ4v) is 2.10. The molecule has 1 fully saturated rings. The zero-order valence-electron chi connectivity index (χ0n) is 9.99. The molecule has 0 bridgehead atoms. The van der Waals surface area contributed by atoms with E-state index in [-0.39, 0.29) is 28.5 Å². The van der Waals surface area contributed by atoms with E-state index in [1.54, 1.807) is 0 Å². The van der Waals surface area contributed by atoms with Crippen molar-refractivity contribution < 1.29 is 18.7 Å². The lowest BCUT2D eigenvalue weighted by molar-refractivity contribution is -0.135. The third-order valence-electron chi connectivity index (χ3n) is 2.94. The van der Waals surface area contributed by atoms with Crippen LogP contribution in [0.5, 0.6) is 0 Å². The lowest BCUT2D eigenvalue weighted by Gasteiger charge is -2.38. The Labute approximate surface area is 118 Å². The Morgan fingerprint density at radius 1 is 1.58 bits per heavy atom. The number of hydrogen-bond acceptors (Lipinski definition) is 4. The Balaban J connectivity index is 1.97. The van der Waals surface area contributed by atoms with Crippen molar-refractivity contribution in [2.75, 3.05) is 19.8 Å². The fraction of sp³-hybridized carbons (Fsp3) is 0.385. The molecular formula is C13H11BrFNO3. The number of carbonyl (C=O) groups excluding carboxylic acids is 1. The molecule has 0 N–H and O–H groups in total. The van der Waals surface area contributed by atoms with Crippen LogP contribution in [0.3, 0.4) is 0 Å². The van der Waals surface area contributed by atoms with Gasteiger partial charge in [0.2, 0.25) is 0 Å². The second kappa shape index (κ2) is 5.68. The van der Waals surface area contributed by atoms with Gasteiger partial charge in [0.05, 0.1) is 34.7 Å². The summed E-state index contributed by atoms with van der Waals surface area (Å²) in [5.41, 5.74) is -0.123. The van der Waals surface area contributed by atoms with E-state index >= 15 is 0 Å². The average molecular weight is 328 g/mol. The van der Waals surface area contributed by atoms with Gasteiger partial charge < -0.3 is 9.47 Å². The van der Waals surface area contributed by atoms with E-state index in [1.807, 2.05) is 0 Å². The van der Waals surface area contributed by atoms with E-state index in [4.69, 9.17) is 14.7 Å². The van der Waals surface area contributed by atoms with E-state index in [1.165, 1.54) is 18.2 Å². The summed E-state index contributed by atoms with van der Waals surface area (Å²) in [5.74, 6) is -0.977. The first-order valence-corrected chi connectivity index (χ1v) is 6.42. The Morgan fingerprint density at radius 2 is 2.32 bits per heavy atom. The van der Waals surface area contributed by atoms with Crippen molar-refractivity contribution in [3.05, 3.63) is 34.1 Å². The summed E-state index contributed by atoms with van der Waals surface area (Å²) < 4.78 is 23.5. The number of ether oxygens (including phenoxy) is 2. The Bertz CT molecular complexity index is 537. The van der Waals surface area contributed by atoms with Gasteiger partial charge in [-0.1, -0.05) is 0 Å². The molecule has 1 aromatic carbocycles. The summed E-state index contributed by atoms with van der Waals surface area (Å²) in [6.07, 6.45) is 0.285. The van der Waals surface area contributed by atoms with Crippen molar-refractivity contribution in [1.29, 1.82) is 5.26 Å². The number of benzene rings is 1. The molecule has 0 aliphatic carbocycles. The van der Waals surface area contributed by atoms with Crippen molar-refractivity contribution in [3.63, 3.8) is 0 Å². The summed E-state index contributed by atoms with van der Waals surface area (Å²) >= 11 is 3.01. The number of esters is 1. The number of nitriles is 1. The number of nitrogens with zero attached hydrogens (tertiary/aromatic N) is 1. The van der Waals surface area contributed by atoms with Gasteiger partial charge in [0, 0.05) is 6.42 Å². The van der Waals surface area contributed by atoms with Gasteiger partial charge in [0.1, 0.15) is 12.4 Å². The van der Waals surface area contributed by atoms with Crippen molar-refractivity contribution in [1.82, 2.24) is 0 Å². The third kappa shape index (κ3) is 3.11. The van der Waals surface area contributed by atoms with Gasteiger partial charge in [-0.05, 0) is 34.1 Å². The van der Waals surface area contributed by atoms with Crippen LogP contribution in [0.4, 0.5) is 4.39 Å². The van der Waals surface area contributed by atoms with Crippen molar-refractivity contribution in [3.8, 4) is 6.07 Å². The molecule has 0 saturated carbocycles.